The molecule has 2 rings (SSSR count). The molecule has 4 nitrogen and oxygen atoms in total. The molecular formula is C17H23N3O. The van der Waals surface area contributed by atoms with Gasteiger partial charge in [-0.1, -0.05) is 37.3 Å². The fourth-order valence-electron chi connectivity index (χ4n) is 2.46. The van der Waals surface area contributed by atoms with Gasteiger partial charge in [-0.3, -0.25) is 4.79 Å². The Kier molecular flexibility index (Phi) is 5.14. The van der Waals surface area contributed by atoms with Crippen molar-refractivity contribution in [2.45, 2.75) is 33.6 Å². The Bertz CT molecular complexity index is 589. The van der Waals surface area contributed by atoms with E-state index in [0.29, 0.717) is 5.69 Å². The van der Waals surface area contributed by atoms with Crippen LogP contribution in [0.2, 0.25) is 0 Å². The number of aromatic amines is 1. The van der Waals surface area contributed by atoms with Gasteiger partial charge in [0.1, 0.15) is 11.5 Å². The van der Waals surface area contributed by atoms with Crippen LogP contribution in [0.15, 0.2) is 30.3 Å². The standard InChI is InChI=1S/C17H23N3O/c1-4-11-20(12-10-15-8-6-5-7-9-15)17(21)16-13(2)18-14(3)19-16/h5-9H,4,10-12H2,1-3H3,(H,18,19). The van der Waals surface area contributed by atoms with E-state index in [1.165, 1.54) is 5.56 Å². The van der Waals surface area contributed by atoms with Crippen LogP contribution in [0.4, 0.5) is 0 Å². The van der Waals surface area contributed by atoms with E-state index < -0.39 is 0 Å². The van der Waals surface area contributed by atoms with Gasteiger partial charge in [0.25, 0.3) is 5.91 Å². The number of benzene rings is 1. The summed E-state index contributed by atoms with van der Waals surface area (Å²) >= 11 is 0. The molecule has 0 saturated carbocycles. The van der Waals surface area contributed by atoms with Gasteiger partial charge in [-0.2, -0.15) is 0 Å². The van der Waals surface area contributed by atoms with Gasteiger partial charge in [-0.15, -0.1) is 0 Å². The Labute approximate surface area is 126 Å². The topological polar surface area (TPSA) is 49.0 Å². The zero-order valence-electron chi connectivity index (χ0n) is 13.0. The van der Waals surface area contributed by atoms with E-state index in [1.807, 2.05) is 36.9 Å². The lowest BCUT2D eigenvalue weighted by atomic mass is 10.1. The van der Waals surface area contributed by atoms with Crippen molar-refractivity contribution in [2.75, 3.05) is 13.1 Å². The zero-order valence-corrected chi connectivity index (χ0v) is 13.0. The van der Waals surface area contributed by atoms with Crippen LogP contribution >= 0.6 is 0 Å². The quantitative estimate of drug-likeness (QED) is 0.886. The van der Waals surface area contributed by atoms with Gasteiger partial charge >= 0.3 is 0 Å². The molecule has 0 atom stereocenters. The maximum Gasteiger partial charge on any atom is 0.274 e. The van der Waals surface area contributed by atoms with Crippen LogP contribution in [0, 0.1) is 13.8 Å². The predicted octanol–water partition coefficient (Wildman–Crippen LogP) is 3.12. The molecule has 2 aromatic rings. The second-order valence-electron chi connectivity index (χ2n) is 5.32. The van der Waals surface area contributed by atoms with Crippen molar-refractivity contribution in [1.29, 1.82) is 0 Å². The number of amides is 1. The zero-order chi connectivity index (χ0) is 15.2. The molecular weight excluding hydrogens is 262 g/mol. The normalized spacial score (nSPS) is 10.6. The molecule has 0 unspecified atom stereocenters. The summed E-state index contributed by atoms with van der Waals surface area (Å²) in [6.07, 6.45) is 1.82. The van der Waals surface area contributed by atoms with Crippen molar-refractivity contribution in [1.82, 2.24) is 14.9 Å². The van der Waals surface area contributed by atoms with Gasteiger partial charge in [0, 0.05) is 18.8 Å². The second-order valence-corrected chi connectivity index (χ2v) is 5.32. The monoisotopic (exact) mass is 285 g/mol. The minimum absolute atomic E-state index is 0.0228. The number of nitrogens with zero attached hydrogens (tertiary/aromatic N) is 2. The van der Waals surface area contributed by atoms with Crippen molar-refractivity contribution in [3.05, 3.63) is 53.1 Å². The Hall–Kier alpha value is -2.10. The Balaban J connectivity index is 2.07. The Morgan fingerprint density at radius 1 is 1.19 bits per heavy atom. The predicted molar refractivity (Wildman–Crippen MR) is 84.4 cm³/mol. The number of hydrogen-bond donors (Lipinski definition) is 1. The van der Waals surface area contributed by atoms with Gasteiger partial charge < -0.3 is 9.88 Å². The Morgan fingerprint density at radius 3 is 2.48 bits per heavy atom. The number of H-pyrrole nitrogens is 1. The lowest BCUT2D eigenvalue weighted by Gasteiger charge is -2.21. The first-order chi connectivity index (χ1) is 10.1. The van der Waals surface area contributed by atoms with Crippen molar-refractivity contribution in [3.63, 3.8) is 0 Å². The van der Waals surface area contributed by atoms with E-state index in [2.05, 4.69) is 29.0 Å². The number of aromatic nitrogens is 2. The van der Waals surface area contributed by atoms with E-state index in [-0.39, 0.29) is 5.91 Å². The molecule has 1 heterocycles. The van der Waals surface area contributed by atoms with Crippen molar-refractivity contribution in [3.8, 4) is 0 Å². The highest BCUT2D eigenvalue weighted by atomic mass is 16.2. The summed E-state index contributed by atoms with van der Waals surface area (Å²) in [5.41, 5.74) is 2.65. The third kappa shape index (κ3) is 3.94. The number of aryl methyl sites for hydroxylation is 2. The molecule has 0 aliphatic rings. The summed E-state index contributed by atoms with van der Waals surface area (Å²) in [5.74, 6) is 0.810. The molecule has 1 amide bonds. The highest BCUT2D eigenvalue weighted by molar-refractivity contribution is 5.93. The molecule has 1 N–H and O–H groups in total. The van der Waals surface area contributed by atoms with Crippen LogP contribution in [-0.4, -0.2) is 33.9 Å². The van der Waals surface area contributed by atoms with E-state index >= 15 is 0 Å². The van der Waals surface area contributed by atoms with Crippen LogP contribution in [0.25, 0.3) is 0 Å². The van der Waals surface area contributed by atoms with E-state index in [0.717, 1.165) is 37.4 Å². The highest BCUT2D eigenvalue weighted by Crippen LogP contribution is 2.10. The molecule has 4 heteroatoms. The number of rotatable bonds is 6. The third-order valence-electron chi connectivity index (χ3n) is 3.50. The summed E-state index contributed by atoms with van der Waals surface area (Å²) < 4.78 is 0. The van der Waals surface area contributed by atoms with Crippen molar-refractivity contribution < 1.29 is 4.79 Å². The molecule has 0 radical (unpaired) electrons. The average Bonchev–Trinajstić information content (AvgIpc) is 2.82. The van der Waals surface area contributed by atoms with Crippen LogP contribution in [0.5, 0.6) is 0 Å². The fourth-order valence-corrected chi connectivity index (χ4v) is 2.46. The highest BCUT2D eigenvalue weighted by Gasteiger charge is 2.19. The summed E-state index contributed by atoms with van der Waals surface area (Å²) in [6.45, 7) is 7.34. The van der Waals surface area contributed by atoms with Crippen molar-refractivity contribution in [2.24, 2.45) is 0 Å². The minimum atomic E-state index is 0.0228. The lowest BCUT2D eigenvalue weighted by molar-refractivity contribution is 0.0751. The average molecular weight is 285 g/mol. The number of carbonyl (C=O) groups is 1. The maximum atomic E-state index is 12.6. The molecule has 1 aromatic heterocycles. The lowest BCUT2D eigenvalue weighted by Crippen LogP contribution is -2.34. The summed E-state index contributed by atoms with van der Waals surface area (Å²) in [4.78, 5) is 22.0. The molecule has 0 bridgehead atoms. The molecule has 0 aliphatic carbocycles. The van der Waals surface area contributed by atoms with E-state index in [9.17, 15) is 4.79 Å². The molecule has 0 aliphatic heterocycles. The summed E-state index contributed by atoms with van der Waals surface area (Å²) in [6, 6.07) is 10.3. The van der Waals surface area contributed by atoms with Crippen LogP contribution in [0.3, 0.4) is 0 Å². The number of imidazole rings is 1. The first kappa shape index (κ1) is 15.3. The summed E-state index contributed by atoms with van der Waals surface area (Å²) in [5, 5.41) is 0. The number of carbonyl (C=O) groups excluding carboxylic acids is 1. The van der Waals surface area contributed by atoms with E-state index in [4.69, 9.17) is 0 Å². The van der Waals surface area contributed by atoms with Gasteiger partial charge in [0.15, 0.2) is 0 Å². The second kappa shape index (κ2) is 7.07. The van der Waals surface area contributed by atoms with Gasteiger partial charge in [0.2, 0.25) is 0 Å². The van der Waals surface area contributed by atoms with E-state index in [1.54, 1.807) is 0 Å². The smallest absolute Gasteiger partial charge is 0.274 e. The first-order valence-corrected chi connectivity index (χ1v) is 7.48. The molecule has 0 fully saturated rings. The van der Waals surface area contributed by atoms with Gasteiger partial charge in [-0.05, 0) is 32.3 Å². The SMILES string of the molecule is CCCN(CCc1ccccc1)C(=O)c1nc(C)[nH]c1C. The molecule has 0 saturated heterocycles. The molecule has 112 valence electrons. The van der Waals surface area contributed by atoms with Gasteiger partial charge in [-0.25, -0.2) is 4.98 Å². The van der Waals surface area contributed by atoms with Crippen molar-refractivity contribution >= 4 is 5.91 Å². The van der Waals surface area contributed by atoms with Crippen LogP contribution in [0.1, 0.15) is 40.9 Å². The Morgan fingerprint density at radius 2 is 1.90 bits per heavy atom. The van der Waals surface area contributed by atoms with Crippen LogP contribution < -0.4 is 0 Å². The number of nitrogens with one attached hydrogen (secondary N) is 1. The fraction of sp³-hybridized carbons (Fsp3) is 0.412. The third-order valence-corrected chi connectivity index (χ3v) is 3.50. The summed E-state index contributed by atoms with van der Waals surface area (Å²) in [7, 11) is 0. The van der Waals surface area contributed by atoms with Gasteiger partial charge in [0.05, 0.1) is 0 Å². The molecule has 0 spiro atoms. The first-order valence-electron chi connectivity index (χ1n) is 7.48. The molecule has 21 heavy (non-hydrogen) atoms. The molecule has 1 aromatic carbocycles. The maximum absolute atomic E-state index is 12.6. The largest absolute Gasteiger partial charge is 0.346 e. The number of hydrogen-bond acceptors (Lipinski definition) is 2. The van der Waals surface area contributed by atoms with Crippen LogP contribution in [-0.2, 0) is 6.42 Å². The minimum Gasteiger partial charge on any atom is -0.346 e.